The summed E-state index contributed by atoms with van der Waals surface area (Å²) in [6.45, 7) is 0.986. The standard InChI is InChI=1S/C21H23N/c1-2-8-17(9-3-1)20-12-6-4-11-19(20)16-22-15-14-18-10-5-7-13-21(18)22/h4-7,10-15,17H,1-3,8-9,16H2. The summed E-state index contributed by atoms with van der Waals surface area (Å²) in [6.07, 6.45) is 9.16. The topological polar surface area (TPSA) is 4.93 Å². The molecule has 0 saturated heterocycles. The van der Waals surface area contributed by atoms with Crippen LogP contribution in [0.25, 0.3) is 10.9 Å². The Balaban J connectivity index is 1.68. The highest BCUT2D eigenvalue weighted by molar-refractivity contribution is 5.80. The van der Waals surface area contributed by atoms with E-state index < -0.39 is 0 Å². The molecule has 1 nitrogen and oxygen atoms in total. The predicted molar refractivity (Wildman–Crippen MR) is 93.3 cm³/mol. The molecule has 0 atom stereocenters. The van der Waals surface area contributed by atoms with Gasteiger partial charge >= 0.3 is 0 Å². The van der Waals surface area contributed by atoms with Crippen LogP contribution in [0.15, 0.2) is 60.8 Å². The fourth-order valence-corrected chi connectivity index (χ4v) is 3.95. The van der Waals surface area contributed by atoms with E-state index in [1.807, 2.05) is 0 Å². The van der Waals surface area contributed by atoms with Gasteiger partial charge in [0.25, 0.3) is 0 Å². The molecule has 0 radical (unpaired) electrons. The van der Waals surface area contributed by atoms with Gasteiger partial charge in [-0.1, -0.05) is 61.7 Å². The quantitative estimate of drug-likeness (QED) is 0.579. The smallest absolute Gasteiger partial charge is 0.0483 e. The van der Waals surface area contributed by atoms with E-state index in [4.69, 9.17) is 0 Å². The Labute approximate surface area is 132 Å². The van der Waals surface area contributed by atoms with Crippen molar-refractivity contribution in [2.45, 2.75) is 44.6 Å². The molecule has 1 aliphatic rings. The summed E-state index contributed by atoms with van der Waals surface area (Å²) in [5.74, 6) is 0.770. The van der Waals surface area contributed by atoms with Gasteiger partial charge in [0.1, 0.15) is 0 Å². The molecule has 22 heavy (non-hydrogen) atoms. The number of hydrogen-bond donors (Lipinski definition) is 0. The second kappa shape index (κ2) is 6.00. The lowest BCUT2D eigenvalue weighted by Gasteiger charge is -2.24. The fourth-order valence-electron chi connectivity index (χ4n) is 3.95. The highest BCUT2D eigenvalue weighted by Gasteiger charge is 2.18. The first-order chi connectivity index (χ1) is 10.9. The van der Waals surface area contributed by atoms with Crippen LogP contribution in [0.3, 0.4) is 0 Å². The molecule has 4 rings (SSSR count). The fraction of sp³-hybridized carbons (Fsp3) is 0.333. The van der Waals surface area contributed by atoms with E-state index in [1.165, 1.54) is 48.6 Å². The first-order valence-electron chi connectivity index (χ1n) is 8.53. The minimum Gasteiger partial charge on any atom is -0.343 e. The maximum Gasteiger partial charge on any atom is 0.0483 e. The van der Waals surface area contributed by atoms with E-state index in [0.29, 0.717) is 0 Å². The average Bonchev–Trinajstić information content (AvgIpc) is 2.99. The van der Waals surface area contributed by atoms with Gasteiger partial charge in [-0.05, 0) is 47.4 Å². The molecular weight excluding hydrogens is 266 g/mol. The van der Waals surface area contributed by atoms with Gasteiger partial charge in [-0.3, -0.25) is 0 Å². The van der Waals surface area contributed by atoms with E-state index in [-0.39, 0.29) is 0 Å². The molecule has 1 heteroatoms. The molecule has 1 fully saturated rings. The van der Waals surface area contributed by atoms with Crippen molar-refractivity contribution >= 4 is 10.9 Å². The Morgan fingerprint density at radius 2 is 1.59 bits per heavy atom. The Bertz CT molecular complexity index is 762. The van der Waals surface area contributed by atoms with Gasteiger partial charge < -0.3 is 4.57 Å². The summed E-state index contributed by atoms with van der Waals surface area (Å²) in [5, 5.41) is 1.33. The molecule has 112 valence electrons. The van der Waals surface area contributed by atoms with Crippen LogP contribution in [0.4, 0.5) is 0 Å². The van der Waals surface area contributed by atoms with Crippen LogP contribution in [0.2, 0.25) is 0 Å². The largest absolute Gasteiger partial charge is 0.343 e. The number of nitrogens with zero attached hydrogens (tertiary/aromatic N) is 1. The van der Waals surface area contributed by atoms with Crippen LogP contribution >= 0.6 is 0 Å². The minimum absolute atomic E-state index is 0.770. The summed E-state index contributed by atoms with van der Waals surface area (Å²) in [5.41, 5.74) is 4.41. The van der Waals surface area contributed by atoms with E-state index in [2.05, 4.69) is 65.4 Å². The highest BCUT2D eigenvalue weighted by atomic mass is 14.9. The van der Waals surface area contributed by atoms with Crippen molar-refractivity contribution in [2.75, 3.05) is 0 Å². The summed E-state index contributed by atoms with van der Waals surface area (Å²) < 4.78 is 2.39. The second-order valence-electron chi connectivity index (χ2n) is 6.54. The molecule has 0 unspecified atom stereocenters. The Kier molecular flexibility index (Phi) is 3.72. The van der Waals surface area contributed by atoms with Crippen LogP contribution in [0, 0.1) is 0 Å². The lowest BCUT2D eigenvalue weighted by atomic mass is 9.82. The lowest BCUT2D eigenvalue weighted by Crippen LogP contribution is -2.09. The molecular formula is C21H23N. The van der Waals surface area contributed by atoms with Gasteiger partial charge in [-0.15, -0.1) is 0 Å². The summed E-state index contributed by atoms with van der Waals surface area (Å²) in [7, 11) is 0. The molecule has 1 heterocycles. The van der Waals surface area contributed by atoms with E-state index >= 15 is 0 Å². The molecule has 2 aromatic carbocycles. The van der Waals surface area contributed by atoms with E-state index in [1.54, 1.807) is 5.56 Å². The number of benzene rings is 2. The number of para-hydroxylation sites is 1. The number of rotatable bonds is 3. The van der Waals surface area contributed by atoms with Crippen LogP contribution < -0.4 is 0 Å². The van der Waals surface area contributed by atoms with E-state index in [9.17, 15) is 0 Å². The number of fused-ring (bicyclic) bond motifs is 1. The van der Waals surface area contributed by atoms with Crippen molar-refractivity contribution in [2.24, 2.45) is 0 Å². The lowest BCUT2D eigenvalue weighted by molar-refractivity contribution is 0.441. The maximum atomic E-state index is 2.39. The van der Waals surface area contributed by atoms with Crippen molar-refractivity contribution in [3.63, 3.8) is 0 Å². The zero-order chi connectivity index (χ0) is 14.8. The predicted octanol–water partition coefficient (Wildman–Crippen LogP) is 5.74. The molecule has 0 bridgehead atoms. The zero-order valence-electron chi connectivity index (χ0n) is 13.0. The SMILES string of the molecule is c1ccc(C2CCCCC2)c(Cn2ccc3ccccc32)c1. The van der Waals surface area contributed by atoms with Crippen LogP contribution in [0.1, 0.15) is 49.1 Å². The van der Waals surface area contributed by atoms with Gasteiger partial charge in [-0.25, -0.2) is 0 Å². The molecule has 0 amide bonds. The van der Waals surface area contributed by atoms with Crippen molar-refractivity contribution in [3.05, 3.63) is 71.9 Å². The monoisotopic (exact) mass is 289 g/mol. The Hall–Kier alpha value is -2.02. The molecule has 0 aliphatic heterocycles. The van der Waals surface area contributed by atoms with Gasteiger partial charge in [0.2, 0.25) is 0 Å². The molecule has 3 aromatic rings. The van der Waals surface area contributed by atoms with Crippen LogP contribution in [0.5, 0.6) is 0 Å². The Morgan fingerprint density at radius 1 is 0.818 bits per heavy atom. The normalized spacial score (nSPS) is 16.2. The second-order valence-corrected chi connectivity index (χ2v) is 6.54. The van der Waals surface area contributed by atoms with Crippen molar-refractivity contribution in [1.29, 1.82) is 0 Å². The number of aromatic nitrogens is 1. The first-order valence-corrected chi connectivity index (χ1v) is 8.53. The van der Waals surface area contributed by atoms with Gasteiger partial charge in [0.05, 0.1) is 0 Å². The van der Waals surface area contributed by atoms with Gasteiger partial charge in [0.15, 0.2) is 0 Å². The third-order valence-electron chi connectivity index (χ3n) is 5.12. The minimum atomic E-state index is 0.770. The molecule has 0 spiro atoms. The van der Waals surface area contributed by atoms with Gasteiger partial charge in [-0.2, -0.15) is 0 Å². The van der Waals surface area contributed by atoms with Crippen molar-refractivity contribution in [1.82, 2.24) is 4.57 Å². The zero-order valence-corrected chi connectivity index (χ0v) is 13.0. The van der Waals surface area contributed by atoms with Crippen LogP contribution in [-0.2, 0) is 6.54 Å². The third kappa shape index (κ3) is 2.56. The van der Waals surface area contributed by atoms with Crippen molar-refractivity contribution in [3.8, 4) is 0 Å². The molecule has 1 aliphatic carbocycles. The first kappa shape index (κ1) is 13.6. The summed E-state index contributed by atoms with van der Waals surface area (Å²) >= 11 is 0. The Morgan fingerprint density at radius 3 is 2.50 bits per heavy atom. The highest BCUT2D eigenvalue weighted by Crippen LogP contribution is 2.34. The van der Waals surface area contributed by atoms with Crippen LogP contribution in [-0.4, -0.2) is 4.57 Å². The van der Waals surface area contributed by atoms with E-state index in [0.717, 1.165) is 12.5 Å². The molecule has 1 aromatic heterocycles. The third-order valence-corrected chi connectivity index (χ3v) is 5.12. The number of hydrogen-bond acceptors (Lipinski definition) is 0. The molecule has 0 N–H and O–H groups in total. The van der Waals surface area contributed by atoms with Crippen molar-refractivity contribution < 1.29 is 0 Å². The molecule has 1 saturated carbocycles. The maximum absolute atomic E-state index is 2.39. The summed E-state index contributed by atoms with van der Waals surface area (Å²) in [4.78, 5) is 0. The average molecular weight is 289 g/mol. The van der Waals surface area contributed by atoms with Gasteiger partial charge in [0, 0.05) is 18.3 Å². The summed E-state index contributed by atoms with van der Waals surface area (Å²) in [6, 6.07) is 20.0.